The Morgan fingerprint density at radius 2 is 2.07 bits per heavy atom. The summed E-state index contributed by atoms with van der Waals surface area (Å²) in [6.07, 6.45) is 2.26. The number of pyridine rings is 2. The van der Waals surface area contributed by atoms with Crippen molar-refractivity contribution in [2.45, 2.75) is 13.3 Å². The molecule has 4 aromatic rings. The minimum atomic E-state index is -0.445. The molecule has 2 N–H and O–H groups in total. The number of aromatic nitrogens is 3. The van der Waals surface area contributed by atoms with Gasteiger partial charge in [-0.1, -0.05) is 6.92 Å². The molecule has 0 fully saturated rings. The second-order valence-corrected chi connectivity index (χ2v) is 6.88. The van der Waals surface area contributed by atoms with Gasteiger partial charge in [-0.05, 0) is 24.6 Å². The topological polar surface area (TPSA) is 100 Å². The number of thiazole rings is 1. The molecule has 0 amide bonds. The van der Waals surface area contributed by atoms with Gasteiger partial charge in [0.2, 0.25) is 5.88 Å². The molecule has 4 rings (SSSR count). The molecule has 8 heteroatoms. The Balaban J connectivity index is 1.69. The first-order valence-electron chi connectivity index (χ1n) is 8.30. The summed E-state index contributed by atoms with van der Waals surface area (Å²) in [4.78, 5) is 24.6. The van der Waals surface area contributed by atoms with Crippen molar-refractivity contribution in [3.8, 4) is 11.6 Å². The molecule has 0 radical (unpaired) electrons. The number of carbonyl (C=O) groups is 1. The van der Waals surface area contributed by atoms with E-state index >= 15 is 0 Å². The number of benzene rings is 1. The van der Waals surface area contributed by atoms with Gasteiger partial charge < -0.3 is 15.2 Å². The molecule has 0 saturated carbocycles. The van der Waals surface area contributed by atoms with Crippen LogP contribution in [-0.4, -0.2) is 28.0 Å². The fraction of sp³-hybridized carbons (Fsp3) is 0.158. The van der Waals surface area contributed by atoms with Crippen LogP contribution >= 0.6 is 11.3 Å². The second kappa shape index (κ2) is 6.81. The Hall–Kier alpha value is -3.26. The van der Waals surface area contributed by atoms with E-state index in [1.165, 1.54) is 13.3 Å². The molecule has 0 spiro atoms. The van der Waals surface area contributed by atoms with Crippen LogP contribution in [0.3, 0.4) is 0 Å². The van der Waals surface area contributed by atoms with Gasteiger partial charge in [0.05, 0.1) is 27.9 Å². The molecule has 0 bridgehead atoms. The van der Waals surface area contributed by atoms with Crippen molar-refractivity contribution >= 4 is 44.2 Å². The van der Waals surface area contributed by atoms with Gasteiger partial charge in [-0.15, -0.1) is 11.3 Å². The first-order chi connectivity index (χ1) is 13.1. The fourth-order valence-corrected chi connectivity index (χ4v) is 3.76. The molecule has 1 aromatic carbocycles. The Morgan fingerprint density at radius 3 is 2.78 bits per heavy atom. The molecule has 0 aliphatic heterocycles. The van der Waals surface area contributed by atoms with Crippen molar-refractivity contribution in [1.82, 2.24) is 15.0 Å². The van der Waals surface area contributed by atoms with E-state index in [9.17, 15) is 4.79 Å². The number of hydrogen-bond acceptors (Lipinski definition) is 8. The monoisotopic (exact) mass is 380 g/mol. The third-order valence-corrected chi connectivity index (χ3v) is 5.28. The van der Waals surface area contributed by atoms with E-state index in [0.717, 1.165) is 32.5 Å². The lowest BCUT2D eigenvalue weighted by molar-refractivity contribution is 0.0600. The lowest BCUT2D eigenvalue weighted by Gasteiger charge is -2.07. The van der Waals surface area contributed by atoms with E-state index in [1.807, 2.05) is 18.2 Å². The molecule has 0 aliphatic carbocycles. The summed E-state index contributed by atoms with van der Waals surface area (Å²) in [5.41, 5.74) is 7.93. The number of carbonyl (C=O) groups excluding carboxylic acids is 1. The second-order valence-electron chi connectivity index (χ2n) is 5.79. The molecule has 3 heterocycles. The molecule has 0 aliphatic rings. The minimum Gasteiger partial charge on any atom is -0.465 e. The third kappa shape index (κ3) is 3.15. The summed E-state index contributed by atoms with van der Waals surface area (Å²) in [7, 11) is 1.32. The zero-order chi connectivity index (χ0) is 19.0. The van der Waals surface area contributed by atoms with E-state index < -0.39 is 5.97 Å². The number of methoxy groups -OCH3 is 1. The highest BCUT2D eigenvalue weighted by atomic mass is 32.1. The molecule has 7 nitrogen and oxygen atoms in total. The molecular formula is C19H16N4O3S. The van der Waals surface area contributed by atoms with Crippen LogP contribution in [0.15, 0.2) is 36.5 Å². The first kappa shape index (κ1) is 17.2. The highest BCUT2D eigenvalue weighted by Gasteiger charge is 2.13. The number of nitrogen functional groups attached to an aromatic ring is 1. The third-order valence-electron chi connectivity index (χ3n) is 4.05. The average Bonchev–Trinajstić information content (AvgIpc) is 3.13. The van der Waals surface area contributed by atoms with Crippen molar-refractivity contribution in [1.29, 1.82) is 0 Å². The zero-order valence-electron chi connectivity index (χ0n) is 14.7. The van der Waals surface area contributed by atoms with Crippen LogP contribution in [0.2, 0.25) is 0 Å². The number of nitrogens with zero attached hydrogens (tertiary/aromatic N) is 3. The van der Waals surface area contributed by atoms with Crippen LogP contribution in [0.4, 0.5) is 5.82 Å². The smallest absolute Gasteiger partial charge is 0.339 e. The van der Waals surface area contributed by atoms with Gasteiger partial charge in [0.1, 0.15) is 11.3 Å². The lowest BCUT2D eigenvalue weighted by Crippen LogP contribution is -2.01. The van der Waals surface area contributed by atoms with Crippen LogP contribution in [0.25, 0.3) is 21.1 Å². The number of ether oxygens (including phenoxy) is 2. The van der Waals surface area contributed by atoms with Crippen molar-refractivity contribution in [3.63, 3.8) is 0 Å². The highest BCUT2D eigenvalue weighted by Crippen LogP contribution is 2.34. The largest absolute Gasteiger partial charge is 0.465 e. The number of esters is 1. The summed E-state index contributed by atoms with van der Waals surface area (Å²) in [6.45, 7) is 2.06. The fourth-order valence-electron chi connectivity index (χ4n) is 2.71. The molecule has 0 atom stereocenters. The number of aryl methyl sites for hydroxylation is 1. The molecule has 0 unspecified atom stereocenters. The van der Waals surface area contributed by atoms with Crippen LogP contribution in [0.1, 0.15) is 22.3 Å². The van der Waals surface area contributed by atoms with Gasteiger partial charge in [0.15, 0.2) is 5.82 Å². The van der Waals surface area contributed by atoms with E-state index in [4.69, 9.17) is 10.5 Å². The van der Waals surface area contributed by atoms with E-state index in [2.05, 4.69) is 26.6 Å². The summed E-state index contributed by atoms with van der Waals surface area (Å²) in [5.74, 6) is 0.903. The molecule has 136 valence electrons. The average molecular weight is 380 g/mol. The first-order valence-corrected chi connectivity index (χ1v) is 9.11. The Bertz CT molecular complexity index is 1160. The van der Waals surface area contributed by atoms with E-state index in [1.54, 1.807) is 23.5 Å². The predicted octanol–water partition coefficient (Wildman–Crippen LogP) is 3.96. The predicted molar refractivity (Wildman–Crippen MR) is 104 cm³/mol. The standard InChI is InChI=1S/C19H16N4O3S/c1-3-15-23-16-17(27-15)12-6-5-11(8-13(12)22-18(16)20)26-14-7-4-10(9-21-14)19(24)25-2/h4-9H,3H2,1-2H3,(H2,20,22). The molecule has 27 heavy (non-hydrogen) atoms. The van der Waals surface area contributed by atoms with Gasteiger partial charge in [0, 0.05) is 23.7 Å². The summed E-state index contributed by atoms with van der Waals surface area (Å²) < 4.78 is 11.5. The van der Waals surface area contributed by atoms with Crippen molar-refractivity contribution in [2.24, 2.45) is 0 Å². The Labute approximate surface area is 158 Å². The zero-order valence-corrected chi connectivity index (χ0v) is 15.5. The summed E-state index contributed by atoms with van der Waals surface area (Å²) >= 11 is 1.63. The van der Waals surface area contributed by atoms with Crippen molar-refractivity contribution in [2.75, 3.05) is 12.8 Å². The number of rotatable bonds is 4. The number of nitrogens with two attached hydrogens (primary N) is 1. The Kier molecular flexibility index (Phi) is 4.33. The Morgan fingerprint density at radius 1 is 1.22 bits per heavy atom. The van der Waals surface area contributed by atoms with Crippen LogP contribution in [0, 0.1) is 0 Å². The van der Waals surface area contributed by atoms with Gasteiger partial charge in [-0.2, -0.15) is 0 Å². The molecule has 3 aromatic heterocycles. The van der Waals surface area contributed by atoms with Crippen LogP contribution in [-0.2, 0) is 11.2 Å². The van der Waals surface area contributed by atoms with Crippen molar-refractivity contribution < 1.29 is 14.3 Å². The van der Waals surface area contributed by atoms with Crippen molar-refractivity contribution in [3.05, 3.63) is 47.1 Å². The van der Waals surface area contributed by atoms with Crippen LogP contribution in [0.5, 0.6) is 11.6 Å². The maximum absolute atomic E-state index is 11.5. The van der Waals surface area contributed by atoms with E-state index in [-0.39, 0.29) is 0 Å². The molecule has 0 saturated heterocycles. The number of anilines is 1. The quantitative estimate of drug-likeness (QED) is 0.535. The summed E-state index contributed by atoms with van der Waals surface area (Å²) in [5, 5.41) is 2.01. The van der Waals surface area contributed by atoms with Gasteiger partial charge in [0.25, 0.3) is 0 Å². The van der Waals surface area contributed by atoms with Gasteiger partial charge in [-0.25, -0.2) is 19.7 Å². The number of fused-ring (bicyclic) bond motifs is 3. The normalized spacial score (nSPS) is 11.0. The SMILES string of the molecule is CCc1nc2c(N)nc3cc(Oc4ccc(C(=O)OC)cn4)ccc3c2s1. The highest BCUT2D eigenvalue weighted by molar-refractivity contribution is 7.19. The van der Waals surface area contributed by atoms with Gasteiger partial charge >= 0.3 is 5.97 Å². The number of hydrogen-bond donors (Lipinski definition) is 1. The van der Waals surface area contributed by atoms with Crippen LogP contribution < -0.4 is 10.5 Å². The molecular weight excluding hydrogens is 364 g/mol. The lowest BCUT2D eigenvalue weighted by atomic mass is 10.2. The van der Waals surface area contributed by atoms with Gasteiger partial charge in [-0.3, -0.25) is 0 Å². The van der Waals surface area contributed by atoms with E-state index in [0.29, 0.717) is 23.0 Å². The minimum absolute atomic E-state index is 0.358. The maximum Gasteiger partial charge on any atom is 0.339 e. The summed E-state index contributed by atoms with van der Waals surface area (Å²) in [6, 6.07) is 8.81. The maximum atomic E-state index is 11.5.